The molecule has 3 aromatic heterocycles. The van der Waals surface area contributed by atoms with E-state index < -0.39 is 11.7 Å². The minimum atomic E-state index is -2.51. The fourth-order valence-electron chi connectivity index (χ4n) is 3.14. The number of tetrazole rings is 1. The van der Waals surface area contributed by atoms with Crippen LogP contribution in [0.15, 0.2) is 70.9 Å². The first kappa shape index (κ1) is 22.3. The molecule has 1 N–H and O–H groups in total. The Morgan fingerprint density at radius 3 is 2.74 bits per heavy atom. The second-order valence-electron chi connectivity index (χ2n) is 6.81. The van der Waals surface area contributed by atoms with Crippen LogP contribution < -0.4 is 5.32 Å². The monoisotopic (exact) mass is 512 g/mol. The summed E-state index contributed by atoms with van der Waals surface area (Å²) in [7, 11) is 0. The third-order valence-corrected chi connectivity index (χ3v) is 7.05. The largest absolute Gasteiger partial charge is 0.296 e. The van der Waals surface area contributed by atoms with Gasteiger partial charge in [-0.15, -0.1) is 16.4 Å². The number of thiazole rings is 1. The van der Waals surface area contributed by atoms with Gasteiger partial charge in [-0.25, -0.2) is 4.98 Å². The van der Waals surface area contributed by atoms with Crippen molar-refractivity contribution in [3.8, 4) is 11.4 Å². The second kappa shape index (κ2) is 9.79. The van der Waals surface area contributed by atoms with Crippen molar-refractivity contribution in [3.63, 3.8) is 0 Å². The van der Waals surface area contributed by atoms with Crippen molar-refractivity contribution < 1.29 is 13.6 Å². The van der Waals surface area contributed by atoms with E-state index in [2.05, 4.69) is 25.8 Å². The van der Waals surface area contributed by atoms with Gasteiger partial charge in [0.1, 0.15) is 5.70 Å². The summed E-state index contributed by atoms with van der Waals surface area (Å²) in [5, 5.41) is 17.0. The summed E-state index contributed by atoms with van der Waals surface area (Å²) >= 11 is 3.14. The summed E-state index contributed by atoms with van der Waals surface area (Å²) in [4.78, 5) is 19.1. The van der Waals surface area contributed by atoms with Crippen LogP contribution >= 0.6 is 34.4 Å². The minimum absolute atomic E-state index is 0.208. The predicted molar refractivity (Wildman–Crippen MR) is 132 cm³/mol. The van der Waals surface area contributed by atoms with Crippen molar-refractivity contribution in [1.29, 1.82) is 0 Å². The number of hydrogen-bond donors (Lipinski definition) is 1. The number of carbonyl (C=O) groups is 1. The maximum Gasteiger partial charge on any atom is 0.288 e. The number of thioether (sulfide) groups is 1. The quantitative estimate of drug-likeness (QED) is 0.214. The molecule has 0 saturated heterocycles. The average Bonchev–Trinajstić information content (AvgIpc) is 3.58. The van der Waals surface area contributed by atoms with E-state index in [-0.39, 0.29) is 5.70 Å². The maximum absolute atomic E-state index is 13.4. The Kier molecular flexibility index (Phi) is 6.43. The molecule has 0 radical (unpaired) electrons. The zero-order chi connectivity index (χ0) is 23.5. The highest BCUT2D eigenvalue weighted by Gasteiger charge is 2.21. The van der Waals surface area contributed by atoms with Crippen molar-refractivity contribution in [2.75, 3.05) is 5.32 Å². The molecule has 0 bridgehead atoms. The number of rotatable bonds is 7. The van der Waals surface area contributed by atoms with Gasteiger partial charge < -0.3 is 0 Å². The summed E-state index contributed by atoms with van der Waals surface area (Å²) in [5.41, 5.74) is 1.57. The Hall–Kier alpha value is -3.48. The molecule has 170 valence electrons. The molecule has 0 spiro atoms. The van der Waals surface area contributed by atoms with Gasteiger partial charge >= 0.3 is 0 Å². The zero-order valence-electron chi connectivity index (χ0n) is 17.1. The summed E-state index contributed by atoms with van der Waals surface area (Å²) in [5.74, 6) is -2.56. The molecule has 5 aromatic rings. The van der Waals surface area contributed by atoms with Crippen LogP contribution in [0.1, 0.15) is 4.88 Å². The number of fused-ring (bicyclic) bond motifs is 1. The number of nitrogens with zero attached hydrogens (tertiary/aromatic N) is 5. The molecule has 2 aromatic carbocycles. The molecule has 0 aliphatic heterocycles. The van der Waals surface area contributed by atoms with E-state index in [1.54, 1.807) is 24.3 Å². The zero-order valence-corrected chi connectivity index (χ0v) is 19.6. The van der Waals surface area contributed by atoms with Gasteiger partial charge in [0, 0.05) is 15.3 Å². The number of thiophene rings is 1. The molecule has 1 amide bonds. The number of amides is 1. The fraction of sp³-hybridized carbons (Fsp3) is 0.0455. The molecular weight excluding hydrogens is 498 g/mol. The first-order valence-electron chi connectivity index (χ1n) is 9.83. The van der Waals surface area contributed by atoms with Crippen molar-refractivity contribution in [3.05, 3.63) is 70.9 Å². The molecular formula is C22H14F2N6OS3. The second-order valence-corrected chi connectivity index (χ2v) is 9.88. The third kappa shape index (κ3) is 4.88. The molecule has 0 saturated carbocycles. The van der Waals surface area contributed by atoms with Gasteiger partial charge in [-0.2, -0.15) is 13.5 Å². The van der Waals surface area contributed by atoms with Crippen molar-refractivity contribution >= 4 is 67.5 Å². The van der Waals surface area contributed by atoms with Crippen LogP contribution in [0.5, 0.6) is 0 Å². The van der Waals surface area contributed by atoms with Gasteiger partial charge in [0.05, 0.1) is 10.2 Å². The molecule has 0 unspecified atom stereocenters. The number of nitrogens with one attached hydrogen (secondary N) is 1. The van der Waals surface area contributed by atoms with Crippen LogP contribution in [0.25, 0.3) is 33.4 Å². The minimum Gasteiger partial charge on any atom is -0.296 e. The van der Waals surface area contributed by atoms with Crippen LogP contribution in [-0.4, -0.2) is 36.9 Å². The molecule has 12 heteroatoms. The van der Waals surface area contributed by atoms with Gasteiger partial charge in [0.25, 0.3) is 11.7 Å². The van der Waals surface area contributed by atoms with Crippen molar-refractivity contribution in [2.45, 2.75) is 10.7 Å². The Morgan fingerprint density at radius 1 is 1.12 bits per heavy atom. The molecule has 34 heavy (non-hydrogen) atoms. The van der Waals surface area contributed by atoms with E-state index in [1.807, 2.05) is 47.8 Å². The molecule has 7 nitrogen and oxygen atoms in total. The average molecular weight is 513 g/mol. The molecule has 3 heterocycles. The van der Waals surface area contributed by atoms with Gasteiger partial charge in [0.15, 0.2) is 11.0 Å². The number of alkyl halides is 2. The highest BCUT2D eigenvalue weighted by atomic mass is 32.2. The lowest BCUT2D eigenvalue weighted by molar-refractivity contribution is -0.111. The summed E-state index contributed by atoms with van der Waals surface area (Å²) in [6.45, 7) is 0. The normalized spacial score (nSPS) is 11.9. The Bertz CT molecular complexity index is 1460. The van der Waals surface area contributed by atoms with Crippen LogP contribution in [0, 0.1) is 0 Å². The standard InChI is InChI=1S/C22H14F2N6OS3/c23-21(24)33-15-8-9-16-18(12-15)34-22(25-16)26-20(31)17(11-14-7-4-10-32-14)30-19(27-28-29-30)13-5-2-1-3-6-13/h1-12,21H,(H,25,26,31)/b17-11+. The van der Waals surface area contributed by atoms with E-state index in [0.717, 1.165) is 10.4 Å². The van der Waals surface area contributed by atoms with Gasteiger partial charge in [-0.1, -0.05) is 59.5 Å². The summed E-state index contributed by atoms with van der Waals surface area (Å²) in [6.07, 6.45) is 1.70. The van der Waals surface area contributed by atoms with Gasteiger partial charge in [-0.3, -0.25) is 10.1 Å². The Morgan fingerprint density at radius 2 is 1.97 bits per heavy atom. The molecule has 0 aliphatic rings. The van der Waals surface area contributed by atoms with E-state index in [0.29, 0.717) is 37.8 Å². The van der Waals surface area contributed by atoms with E-state index in [4.69, 9.17) is 0 Å². The lowest BCUT2D eigenvalue weighted by Crippen LogP contribution is -2.19. The topological polar surface area (TPSA) is 85.6 Å². The SMILES string of the molecule is O=C(Nc1nc2ccc(SC(F)F)cc2s1)/C(=C\c1cccs1)n1nnnc1-c1ccccc1. The maximum atomic E-state index is 13.4. The molecule has 5 rings (SSSR count). The van der Waals surface area contributed by atoms with E-state index in [9.17, 15) is 13.6 Å². The number of anilines is 1. The van der Waals surface area contributed by atoms with E-state index in [1.165, 1.54) is 27.4 Å². The number of benzene rings is 2. The lowest BCUT2D eigenvalue weighted by atomic mass is 10.2. The molecule has 0 aliphatic carbocycles. The Balaban J connectivity index is 1.49. The first-order chi connectivity index (χ1) is 16.6. The van der Waals surface area contributed by atoms with Gasteiger partial charge in [0.2, 0.25) is 0 Å². The molecule has 0 fully saturated rings. The van der Waals surface area contributed by atoms with E-state index >= 15 is 0 Å². The van der Waals surface area contributed by atoms with Crippen molar-refractivity contribution in [2.24, 2.45) is 0 Å². The number of carbonyl (C=O) groups excluding carboxylic acids is 1. The van der Waals surface area contributed by atoms with Crippen LogP contribution in [-0.2, 0) is 4.79 Å². The number of halogens is 2. The van der Waals surface area contributed by atoms with Crippen molar-refractivity contribution in [1.82, 2.24) is 25.2 Å². The van der Waals surface area contributed by atoms with Crippen LogP contribution in [0.2, 0.25) is 0 Å². The highest BCUT2D eigenvalue weighted by molar-refractivity contribution is 7.99. The lowest BCUT2D eigenvalue weighted by Gasteiger charge is -2.09. The summed E-state index contributed by atoms with van der Waals surface area (Å²) < 4.78 is 27.5. The van der Waals surface area contributed by atoms with Crippen LogP contribution in [0.4, 0.5) is 13.9 Å². The Labute approximate surface area is 204 Å². The van der Waals surface area contributed by atoms with Gasteiger partial charge in [-0.05, 0) is 46.1 Å². The third-order valence-electron chi connectivity index (χ3n) is 4.59. The molecule has 0 atom stereocenters. The smallest absolute Gasteiger partial charge is 0.288 e. The highest BCUT2D eigenvalue weighted by Crippen LogP contribution is 2.33. The van der Waals surface area contributed by atoms with Crippen LogP contribution in [0.3, 0.4) is 0 Å². The number of aromatic nitrogens is 5. The first-order valence-corrected chi connectivity index (χ1v) is 12.4. The number of hydrogen-bond acceptors (Lipinski definition) is 8. The predicted octanol–water partition coefficient (Wildman–Crippen LogP) is 5.96. The fourth-order valence-corrected chi connectivity index (χ4v) is 5.31. The summed E-state index contributed by atoms with van der Waals surface area (Å²) in [6, 6.07) is 17.9.